The molecule has 26 heavy (non-hydrogen) atoms. The highest BCUT2D eigenvalue weighted by atomic mass is 19.1. The van der Waals surface area contributed by atoms with Crippen molar-refractivity contribution in [1.82, 2.24) is 9.47 Å². The van der Waals surface area contributed by atoms with Gasteiger partial charge in [-0.1, -0.05) is 12.1 Å². The van der Waals surface area contributed by atoms with Crippen LogP contribution in [0.4, 0.5) is 14.5 Å². The molecule has 0 aliphatic carbocycles. The molecule has 1 saturated heterocycles. The van der Waals surface area contributed by atoms with Gasteiger partial charge in [-0.3, -0.25) is 4.79 Å². The van der Waals surface area contributed by atoms with Gasteiger partial charge in [0.05, 0.1) is 11.2 Å². The van der Waals surface area contributed by atoms with Crippen LogP contribution < -0.4 is 4.90 Å². The molecule has 3 aromatic rings. The maximum absolute atomic E-state index is 13.9. The van der Waals surface area contributed by atoms with E-state index in [2.05, 4.69) is 0 Å². The van der Waals surface area contributed by atoms with Crippen LogP contribution in [-0.4, -0.2) is 41.6 Å². The predicted molar refractivity (Wildman–Crippen MR) is 97.1 cm³/mol. The largest absolute Gasteiger partial charge is 0.366 e. The molecule has 4 rings (SSSR count). The molecule has 0 bridgehead atoms. The Bertz CT molecular complexity index is 945. The number of fused-ring (bicyclic) bond motifs is 1. The highest BCUT2D eigenvalue weighted by Crippen LogP contribution is 2.21. The Morgan fingerprint density at radius 2 is 1.73 bits per heavy atom. The van der Waals surface area contributed by atoms with Crippen molar-refractivity contribution in [2.24, 2.45) is 0 Å². The van der Waals surface area contributed by atoms with Crippen molar-refractivity contribution in [2.75, 3.05) is 31.1 Å². The van der Waals surface area contributed by atoms with Crippen LogP contribution in [-0.2, 0) is 11.3 Å². The van der Waals surface area contributed by atoms with Crippen molar-refractivity contribution in [1.29, 1.82) is 0 Å². The fourth-order valence-corrected chi connectivity index (χ4v) is 3.45. The molecule has 0 unspecified atom stereocenters. The number of halogens is 2. The average molecular weight is 355 g/mol. The number of rotatable bonds is 3. The molecular formula is C20H19F2N3O. The molecule has 134 valence electrons. The van der Waals surface area contributed by atoms with Crippen molar-refractivity contribution >= 4 is 22.5 Å². The Kier molecular flexibility index (Phi) is 4.32. The molecular weight excluding hydrogens is 336 g/mol. The first kappa shape index (κ1) is 16.6. The number of carbonyl (C=O) groups is 1. The molecule has 0 radical (unpaired) electrons. The van der Waals surface area contributed by atoms with Gasteiger partial charge in [-0.2, -0.15) is 0 Å². The van der Waals surface area contributed by atoms with Crippen molar-refractivity contribution in [3.8, 4) is 0 Å². The van der Waals surface area contributed by atoms with Gasteiger partial charge in [-0.25, -0.2) is 8.78 Å². The van der Waals surface area contributed by atoms with Crippen LogP contribution in [0.15, 0.2) is 54.7 Å². The van der Waals surface area contributed by atoms with Gasteiger partial charge in [-0.15, -0.1) is 0 Å². The monoisotopic (exact) mass is 355 g/mol. The van der Waals surface area contributed by atoms with E-state index in [1.54, 1.807) is 33.9 Å². The maximum atomic E-state index is 13.9. The lowest BCUT2D eigenvalue weighted by Crippen LogP contribution is -2.49. The second-order valence-electron chi connectivity index (χ2n) is 6.47. The van der Waals surface area contributed by atoms with Crippen molar-refractivity contribution < 1.29 is 13.6 Å². The van der Waals surface area contributed by atoms with E-state index in [9.17, 15) is 13.6 Å². The summed E-state index contributed by atoms with van der Waals surface area (Å²) in [5.41, 5.74) is 1.29. The smallest absolute Gasteiger partial charge is 0.242 e. The van der Waals surface area contributed by atoms with Crippen LogP contribution in [0.3, 0.4) is 0 Å². The number of amides is 1. The summed E-state index contributed by atoms with van der Waals surface area (Å²) in [6.45, 7) is 2.44. The normalized spacial score (nSPS) is 14.8. The number of benzene rings is 2. The standard InChI is InChI=1S/C20H19F2N3O/c21-16-6-5-15-7-8-25(19(15)13-16)14-20(26)24-11-9-23(10-12-24)18-4-2-1-3-17(18)22/h1-8,13H,9-12,14H2. The van der Waals surface area contributed by atoms with E-state index in [1.165, 1.54) is 18.2 Å². The fraction of sp³-hybridized carbons (Fsp3) is 0.250. The number of nitrogens with zero attached hydrogens (tertiary/aromatic N) is 3. The maximum Gasteiger partial charge on any atom is 0.242 e. The quantitative estimate of drug-likeness (QED) is 0.721. The van der Waals surface area contributed by atoms with Crippen LogP contribution in [0.1, 0.15) is 0 Å². The molecule has 6 heteroatoms. The molecule has 1 amide bonds. The number of hydrogen-bond acceptors (Lipinski definition) is 2. The van der Waals surface area contributed by atoms with Crippen LogP contribution in [0.5, 0.6) is 0 Å². The summed E-state index contributed by atoms with van der Waals surface area (Å²) in [4.78, 5) is 16.4. The summed E-state index contributed by atoms with van der Waals surface area (Å²) >= 11 is 0. The number of anilines is 1. The summed E-state index contributed by atoms with van der Waals surface area (Å²) in [6, 6.07) is 13.1. The van der Waals surface area contributed by atoms with Crippen LogP contribution in [0.25, 0.3) is 10.9 Å². The molecule has 1 aliphatic heterocycles. The Labute approximate surface area is 150 Å². The van der Waals surface area contributed by atoms with Crippen LogP contribution >= 0.6 is 0 Å². The predicted octanol–water partition coefficient (Wildman–Crippen LogP) is 3.27. The van der Waals surface area contributed by atoms with Gasteiger partial charge in [0.15, 0.2) is 0 Å². The van der Waals surface area contributed by atoms with Gasteiger partial charge in [0.2, 0.25) is 5.91 Å². The van der Waals surface area contributed by atoms with Crippen LogP contribution in [0, 0.1) is 11.6 Å². The number of para-hydroxylation sites is 1. The summed E-state index contributed by atoms with van der Waals surface area (Å²) in [5, 5.41) is 0.906. The van der Waals surface area contributed by atoms with Gasteiger partial charge in [0, 0.05) is 32.4 Å². The molecule has 0 N–H and O–H groups in total. The van der Waals surface area contributed by atoms with Gasteiger partial charge >= 0.3 is 0 Å². The molecule has 1 aromatic heterocycles. The highest BCUT2D eigenvalue weighted by molar-refractivity contribution is 5.83. The molecule has 0 atom stereocenters. The van der Waals surface area contributed by atoms with Crippen LogP contribution in [0.2, 0.25) is 0 Å². The Morgan fingerprint density at radius 3 is 2.50 bits per heavy atom. The first-order valence-corrected chi connectivity index (χ1v) is 8.63. The summed E-state index contributed by atoms with van der Waals surface area (Å²) < 4.78 is 29.2. The minimum atomic E-state index is -0.316. The fourth-order valence-electron chi connectivity index (χ4n) is 3.45. The second-order valence-corrected chi connectivity index (χ2v) is 6.47. The number of carbonyl (C=O) groups excluding carboxylic acids is 1. The third-order valence-corrected chi connectivity index (χ3v) is 4.87. The highest BCUT2D eigenvalue weighted by Gasteiger charge is 2.23. The number of aromatic nitrogens is 1. The number of piperazine rings is 1. The first-order valence-electron chi connectivity index (χ1n) is 8.63. The van der Waals surface area contributed by atoms with Crippen molar-refractivity contribution in [2.45, 2.75) is 6.54 Å². The van der Waals surface area contributed by atoms with E-state index in [0.29, 0.717) is 37.4 Å². The van der Waals surface area contributed by atoms with Gasteiger partial charge < -0.3 is 14.4 Å². The second kappa shape index (κ2) is 6.78. The zero-order chi connectivity index (χ0) is 18.1. The Morgan fingerprint density at radius 1 is 0.962 bits per heavy atom. The molecule has 4 nitrogen and oxygen atoms in total. The summed E-state index contributed by atoms with van der Waals surface area (Å²) in [5.74, 6) is -0.573. The lowest BCUT2D eigenvalue weighted by molar-refractivity contribution is -0.132. The molecule has 0 spiro atoms. The summed E-state index contributed by atoms with van der Waals surface area (Å²) in [7, 11) is 0. The topological polar surface area (TPSA) is 28.5 Å². The third-order valence-electron chi connectivity index (χ3n) is 4.87. The number of hydrogen-bond donors (Lipinski definition) is 0. The van der Waals surface area contributed by atoms with Crippen molar-refractivity contribution in [3.05, 3.63) is 66.4 Å². The van der Waals surface area contributed by atoms with E-state index >= 15 is 0 Å². The van der Waals surface area contributed by atoms with E-state index < -0.39 is 0 Å². The third kappa shape index (κ3) is 3.14. The van der Waals surface area contributed by atoms with E-state index in [-0.39, 0.29) is 24.1 Å². The van der Waals surface area contributed by atoms with E-state index in [0.717, 1.165) is 5.39 Å². The minimum absolute atomic E-state index is 0.0139. The molecule has 2 heterocycles. The zero-order valence-electron chi connectivity index (χ0n) is 14.2. The minimum Gasteiger partial charge on any atom is -0.366 e. The Hall–Kier alpha value is -2.89. The summed E-state index contributed by atoms with van der Waals surface area (Å²) in [6.07, 6.45) is 1.80. The van der Waals surface area contributed by atoms with Gasteiger partial charge in [0.1, 0.15) is 18.2 Å². The lowest BCUT2D eigenvalue weighted by Gasteiger charge is -2.36. The zero-order valence-corrected chi connectivity index (χ0v) is 14.2. The molecule has 0 saturated carbocycles. The van der Waals surface area contributed by atoms with Gasteiger partial charge in [0.25, 0.3) is 0 Å². The molecule has 1 aliphatic rings. The van der Waals surface area contributed by atoms with E-state index in [1.807, 2.05) is 17.0 Å². The van der Waals surface area contributed by atoms with Gasteiger partial charge in [-0.05, 0) is 41.8 Å². The van der Waals surface area contributed by atoms with E-state index in [4.69, 9.17) is 0 Å². The lowest BCUT2D eigenvalue weighted by atomic mass is 10.2. The average Bonchev–Trinajstić information content (AvgIpc) is 3.04. The SMILES string of the molecule is O=C(Cn1ccc2ccc(F)cc21)N1CCN(c2ccccc2F)CC1. The molecule has 2 aromatic carbocycles. The molecule has 1 fully saturated rings. The first-order chi connectivity index (χ1) is 12.6. The Balaban J connectivity index is 1.42. The van der Waals surface area contributed by atoms with Crippen molar-refractivity contribution in [3.63, 3.8) is 0 Å².